The first kappa shape index (κ1) is 53.2. The van der Waals surface area contributed by atoms with Crippen LogP contribution in [-0.4, -0.2) is 15.8 Å². The quantitative estimate of drug-likeness (QED) is 0.149. The molecule has 95 heavy (non-hydrogen) atoms. The molecule has 14 aromatic carbocycles. The van der Waals surface area contributed by atoms with Gasteiger partial charge < -0.3 is 18.9 Å². The minimum absolute atomic E-state index is 0.109. The maximum Gasteiger partial charge on any atom is 0.254 e. The van der Waals surface area contributed by atoms with Crippen molar-refractivity contribution in [2.75, 3.05) is 9.80 Å². The van der Waals surface area contributed by atoms with Gasteiger partial charge >= 0.3 is 0 Å². The molecule has 6 nitrogen and oxygen atoms in total. The lowest BCUT2D eigenvalue weighted by atomic mass is 9.33. The summed E-state index contributed by atoms with van der Waals surface area (Å²) in [5.74, 6) is -0.109. The van der Waals surface area contributed by atoms with E-state index in [9.17, 15) is 10.5 Å². The summed E-state index contributed by atoms with van der Waals surface area (Å²) in [4.78, 5) is 5.24. The Morgan fingerprint density at radius 2 is 0.842 bits per heavy atom. The van der Waals surface area contributed by atoms with Crippen LogP contribution in [-0.2, 0) is 0 Å². The molecule has 0 bridgehead atoms. The van der Waals surface area contributed by atoms with E-state index in [4.69, 9.17) is 0 Å². The Morgan fingerprint density at radius 3 is 1.51 bits per heavy atom. The molecule has 0 N–H and O–H groups in total. The van der Waals surface area contributed by atoms with Crippen molar-refractivity contribution in [2.45, 2.75) is 5.92 Å². The number of hydrogen-bond donors (Lipinski definition) is 0. The van der Waals surface area contributed by atoms with Crippen molar-refractivity contribution in [3.8, 4) is 56.9 Å². The van der Waals surface area contributed by atoms with Crippen molar-refractivity contribution in [1.29, 1.82) is 10.5 Å². The molecule has 2 aliphatic heterocycles. The highest BCUT2D eigenvalue weighted by Crippen LogP contribution is 2.55. The number of aromatic nitrogens is 2. The molecule has 0 fully saturated rings. The molecule has 0 saturated carbocycles. The fraction of sp³-hybridized carbons (Fsp3) is 0.0115. The van der Waals surface area contributed by atoms with Crippen molar-refractivity contribution in [2.24, 2.45) is 0 Å². The van der Waals surface area contributed by atoms with Crippen molar-refractivity contribution in [1.82, 2.24) is 9.13 Å². The smallest absolute Gasteiger partial charge is 0.254 e. The van der Waals surface area contributed by atoms with E-state index in [2.05, 4.69) is 322 Å². The molecule has 3 aliphatic rings. The van der Waals surface area contributed by atoms with Crippen LogP contribution in [0.15, 0.2) is 303 Å². The lowest BCUT2D eigenvalue weighted by molar-refractivity contribution is 1.01. The summed E-state index contributed by atoms with van der Waals surface area (Å²) in [6, 6.07) is 116. The summed E-state index contributed by atoms with van der Waals surface area (Å²) in [5, 5.41) is 27.7. The van der Waals surface area contributed by atoms with Crippen molar-refractivity contribution in [3.63, 3.8) is 0 Å². The second-order valence-corrected chi connectivity index (χ2v) is 26.3. The number of anilines is 6. The van der Waals surface area contributed by atoms with E-state index >= 15 is 0 Å². The number of thiophene rings is 1. The first-order chi connectivity index (χ1) is 47.1. The van der Waals surface area contributed by atoms with Crippen LogP contribution in [0.3, 0.4) is 0 Å². The predicted octanol–water partition coefficient (Wildman–Crippen LogP) is 20.6. The van der Waals surface area contributed by atoms with Gasteiger partial charge in [0.25, 0.3) is 6.71 Å². The van der Waals surface area contributed by atoms with Gasteiger partial charge in [-0.05, 0) is 146 Å². The van der Waals surface area contributed by atoms with Gasteiger partial charge in [0.15, 0.2) is 0 Å². The lowest BCUT2D eigenvalue weighted by Gasteiger charge is -2.45. The fourth-order valence-corrected chi connectivity index (χ4v) is 17.8. The molecule has 8 heteroatoms. The number of nitriles is 2. The zero-order chi connectivity index (χ0) is 62.6. The minimum Gasteiger partial charge on any atom is -0.311 e. The van der Waals surface area contributed by atoms with Crippen LogP contribution in [0, 0.1) is 22.7 Å². The molecule has 3 aromatic heterocycles. The van der Waals surface area contributed by atoms with E-state index in [0.29, 0.717) is 11.1 Å². The number of rotatable bonds is 7. The molecule has 0 amide bonds. The summed E-state index contributed by atoms with van der Waals surface area (Å²) >= 11 is 1.89. The first-order valence-electron chi connectivity index (χ1n) is 32.3. The van der Waals surface area contributed by atoms with E-state index in [1.807, 2.05) is 23.5 Å². The second-order valence-electron chi connectivity index (χ2n) is 25.2. The van der Waals surface area contributed by atoms with Gasteiger partial charge in [-0.2, -0.15) is 10.5 Å². The van der Waals surface area contributed by atoms with E-state index in [-0.39, 0.29) is 12.6 Å². The Labute approximate surface area is 552 Å². The van der Waals surface area contributed by atoms with Gasteiger partial charge in [0.05, 0.1) is 68.1 Å². The van der Waals surface area contributed by atoms with Gasteiger partial charge in [-0.3, -0.25) is 0 Å². The molecule has 1 aliphatic carbocycles. The largest absolute Gasteiger partial charge is 0.311 e. The Hall–Kier alpha value is -12.5. The number of nitrogens with zero attached hydrogens (tertiary/aromatic N) is 6. The maximum absolute atomic E-state index is 10.4. The van der Waals surface area contributed by atoms with Crippen LogP contribution >= 0.6 is 11.3 Å². The third-order valence-electron chi connectivity index (χ3n) is 20.4. The van der Waals surface area contributed by atoms with E-state index in [1.54, 1.807) is 0 Å². The van der Waals surface area contributed by atoms with Gasteiger partial charge in [-0.15, -0.1) is 11.3 Å². The van der Waals surface area contributed by atoms with Crippen molar-refractivity contribution >= 4 is 132 Å². The number of fused-ring (bicyclic) bond motifs is 17. The van der Waals surface area contributed by atoms with Crippen LogP contribution < -0.4 is 26.2 Å². The van der Waals surface area contributed by atoms with E-state index < -0.39 is 0 Å². The van der Waals surface area contributed by atoms with Crippen molar-refractivity contribution in [3.05, 3.63) is 331 Å². The van der Waals surface area contributed by atoms with Crippen LogP contribution in [0.1, 0.15) is 33.7 Å². The summed E-state index contributed by atoms with van der Waals surface area (Å²) in [6.07, 6.45) is 0. The van der Waals surface area contributed by atoms with Gasteiger partial charge in [0.1, 0.15) is 0 Å². The molecular weight excluding hydrogens is 1170 g/mol. The minimum atomic E-state index is -0.297. The molecule has 17 aromatic rings. The molecule has 1 unspecified atom stereocenters. The third-order valence-corrected chi connectivity index (χ3v) is 21.6. The van der Waals surface area contributed by atoms with Crippen LogP contribution in [0.25, 0.3) is 109 Å². The van der Waals surface area contributed by atoms with Gasteiger partial charge in [-0.1, -0.05) is 212 Å². The van der Waals surface area contributed by atoms with E-state index in [1.165, 1.54) is 64.0 Å². The number of hydrogen-bond acceptors (Lipinski definition) is 5. The SMILES string of the molecule is N#Cc1ccc2c(c1)-c1ccccc1C2c1ccc2c(c1)N(c1ccccc1-c1ccccc1)c1cc(-n3c4ccccc4c4ccccc43)cc3c1B2c1c(cc(-n2c4ccccc4c4cc(C#N)ccc42)c2c1sc1ccccc12)N3c1ccccc1-c1ccccc1. The first-order valence-corrected chi connectivity index (χ1v) is 33.1. The molecule has 0 spiro atoms. The Balaban J connectivity index is 0.983. The normalized spacial score (nSPS) is 13.5. The molecule has 438 valence electrons. The maximum atomic E-state index is 10.4. The lowest BCUT2D eigenvalue weighted by Crippen LogP contribution is -2.61. The molecule has 20 rings (SSSR count). The Kier molecular flexibility index (Phi) is 11.5. The summed E-state index contributed by atoms with van der Waals surface area (Å²) in [6.45, 7) is -0.297. The van der Waals surface area contributed by atoms with Gasteiger partial charge in [-0.25, -0.2) is 0 Å². The molecule has 5 heterocycles. The van der Waals surface area contributed by atoms with Crippen LogP contribution in [0.2, 0.25) is 0 Å². The standard InChI is InChI=1S/C87H51BN6S/c89-51-53-39-42-66-68(45-53)61-27-7-8-31-65(61)83(66)57-41-43-70-77(47-57)93(71-33-15-9-25-59(71)55-21-3-1-4-22-55)79-48-58(91-73-35-17-11-28-62(73)63-29-12-18-36-74(63)91)49-80-85(79)88(70)86-81(94(80)72-34-16-10-26-60(72)56-23-5-2-6-24-56)50-78(84-67-32-14-20-38-82(67)95-87(84)86)92-75-37-19-13-30-64(75)69-46-54(52-90)40-44-76(69)92/h1-50,83H. The topological polar surface area (TPSA) is 63.9 Å². The average molecular weight is 1220 g/mol. The van der Waals surface area contributed by atoms with Crippen LogP contribution in [0.5, 0.6) is 0 Å². The Morgan fingerprint density at radius 1 is 0.337 bits per heavy atom. The fourth-order valence-electron chi connectivity index (χ4n) is 16.5. The second kappa shape index (κ2) is 20.5. The highest BCUT2D eigenvalue weighted by Gasteiger charge is 2.47. The monoisotopic (exact) mass is 1220 g/mol. The van der Waals surface area contributed by atoms with Gasteiger partial charge in [0.2, 0.25) is 0 Å². The predicted molar refractivity (Wildman–Crippen MR) is 395 cm³/mol. The number of para-hydroxylation sites is 5. The van der Waals surface area contributed by atoms with Crippen LogP contribution in [0.4, 0.5) is 34.1 Å². The van der Waals surface area contributed by atoms with Crippen molar-refractivity contribution < 1.29 is 0 Å². The highest BCUT2D eigenvalue weighted by atomic mass is 32.1. The third kappa shape index (κ3) is 7.66. The number of benzene rings is 14. The molecule has 1 atom stereocenters. The average Bonchev–Trinajstić information content (AvgIpc) is 1.64. The highest BCUT2D eigenvalue weighted by molar-refractivity contribution is 7.28. The van der Waals surface area contributed by atoms with Gasteiger partial charge in [0, 0.05) is 81.5 Å². The zero-order valence-corrected chi connectivity index (χ0v) is 51.9. The summed E-state index contributed by atoms with van der Waals surface area (Å²) in [7, 11) is 0. The molecular formula is C87H51BN6S. The molecule has 0 radical (unpaired) electrons. The summed E-state index contributed by atoms with van der Waals surface area (Å²) in [5.41, 5.74) is 28.2. The van der Waals surface area contributed by atoms with E-state index in [0.717, 1.165) is 112 Å². The Bertz CT molecular complexity index is 6190. The zero-order valence-electron chi connectivity index (χ0n) is 51.1. The molecule has 0 saturated heterocycles. The summed E-state index contributed by atoms with van der Waals surface area (Å²) < 4.78 is 7.39.